The van der Waals surface area contributed by atoms with Crippen LogP contribution in [0.3, 0.4) is 0 Å². The maximum Gasteiger partial charge on any atom is 0.407 e. The summed E-state index contributed by atoms with van der Waals surface area (Å²) >= 11 is 0. The first-order valence-corrected chi connectivity index (χ1v) is 12.2. The van der Waals surface area contributed by atoms with E-state index in [0.717, 1.165) is 41.5 Å². The van der Waals surface area contributed by atoms with E-state index in [1.54, 1.807) is 0 Å². The van der Waals surface area contributed by atoms with Gasteiger partial charge in [0.05, 0.1) is 6.10 Å². The van der Waals surface area contributed by atoms with Crippen molar-refractivity contribution in [1.82, 2.24) is 10.2 Å². The van der Waals surface area contributed by atoms with Crippen molar-refractivity contribution >= 4 is 18.0 Å². The fourth-order valence-corrected chi connectivity index (χ4v) is 5.93. The highest BCUT2D eigenvalue weighted by atomic mass is 16.5. The summed E-state index contributed by atoms with van der Waals surface area (Å²) in [5.74, 6) is -1.51. The summed E-state index contributed by atoms with van der Waals surface area (Å²) in [5, 5.41) is 22.2. The maximum absolute atomic E-state index is 12.8. The molecule has 8 heteroatoms. The van der Waals surface area contributed by atoms with Crippen molar-refractivity contribution in [3.63, 3.8) is 0 Å². The van der Waals surface area contributed by atoms with Crippen LogP contribution in [0.2, 0.25) is 0 Å². The number of benzene rings is 2. The lowest BCUT2D eigenvalue weighted by atomic mass is 9.98. The number of hydrogen-bond acceptors (Lipinski definition) is 5. The van der Waals surface area contributed by atoms with E-state index in [9.17, 15) is 24.6 Å². The number of likely N-dealkylation sites (tertiary alicyclic amines) is 1. The number of nitrogens with one attached hydrogen (secondary N) is 1. The highest BCUT2D eigenvalue weighted by Crippen LogP contribution is 2.44. The normalized spacial score (nSPS) is 25.2. The van der Waals surface area contributed by atoms with Crippen LogP contribution in [0.4, 0.5) is 4.79 Å². The zero-order valence-electron chi connectivity index (χ0n) is 19.4. The van der Waals surface area contributed by atoms with Crippen LogP contribution in [0.1, 0.15) is 49.1 Å². The summed E-state index contributed by atoms with van der Waals surface area (Å²) in [5.41, 5.74) is 4.62. The number of aliphatic hydroxyl groups excluding tert-OH is 1. The topological polar surface area (TPSA) is 116 Å². The number of alkyl carbamates (subject to hydrolysis) is 1. The Morgan fingerprint density at radius 3 is 2.31 bits per heavy atom. The van der Waals surface area contributed by atoms with Gasteiger partial charge in [-0.1, -0.05) is 55.0 Å². The number of amides is 2. The molecule has 1 aliphatic heterocycles. The van der Waals surface area contributed by atoms with Gasteiger partial charge < -0.3 is 25.2 Å². The van der Waals surface area contributed by atoms with Crippen molar-refractivity contribution in [2.75, 3.05) is 13.2 Å². The minimum Gasteiger partial charge on any atom is -0.480 e. The Morgan fingerprint density at radius 2 is 1.66 bits per heavy atom. The Balaban J connectivity index is 1.18. The Morgan fingerprint density at radius 1 is 1.00 bits per heavy atom. The van der Waals surface area contributed by atoms with Crippen LogP contribution in [0.5, 0.6) is 0 Å². The highest BCUT2D eigenvalue weighted by molar-refractivity contribution is 5.84. The molecule has 4 atom stereocenters. The first-order valence-electron chi connectivity index (χ1n) is 12.2. The molecule has 0 bridgehead atoms. The van der Waals surface area contributed by atoms with Crippen molar-refractivity contribution in [1.29, 1.82) is 0 Å². The van der Waals surface area contributed by atoms with E-state index in [2.05, 4.69) is 29.6 Å². The van der Waals surface area contributed by atoms with Crippen LogP contribution in [0.25, 0.3) is 11.1 Å². The van der Waals surface area contributed by atoms with Crippen LogP contribution >= 0.6 is 0 Å². The fraction of sp³-hybridized carbons (Fsp3) is 0.444. The van der Waals surface area contributed by atoms with E-state index in [-0.39, 0.29) is 49.8 Å². The molecule has 0 radical (unpaired) electrons. The van der Waals surface area contributed by atoms with Crippen LogP contribution in [0, 0.1) is 5.92 Å². The maximum atomic E-state index is 12.8. The number of β-amino-alcohol motifs (C(OH)–C–C–N with tert-alkyl or cyclic N) is 1. The summed E-state index contributed by atoms with van der Waals surface area (Å²) in [4.78, 5) is 38.3. The molecule has 3 N–H and O–H groups in total. The van der Waals surface area contributed by atoms with E-state index < -0.39 is 24.2 Å². The van der Waals surface area contributed by atoms with Gasteiger partial charge in [0, 0.05) is 31.3 Å². The molecule has 35 heavy (non-hydrogen) atoms. The van der Waals surface area contributed by atoms with Crippen LogP contribution in [-0.2, 0) is 14.3 Å². The van der Waals surface area contributed by atoms with E-state index in [1.807, 2.05) is 24.3 Å². The van der Waals surface area contributed by atoms with Gasteiger partial charge in [-0.05, 0) is 41.0 Å². The summed E-state index contributed by atoms with van der Waals surface area (Å²) in [7, 11) is 0. The summed E-state index contributed by atoms with van der Waals surface area (Å²) in [6.07, 6.45) is 1.26. The van der Waals surface area contributed by atoms with Crippen LogP contribution in [0.15, 0.2) is 48.5 Å². The van der Waals surface area contributed by atoms with Gasteiger partial charge in [-0.15, -0.1) is 0 Å². The van der Waals surface area contributed by atoms with E-state index in [1.165, 1.54) is 4.90 Å². The van der Waals surface area contributed by atoms with E-state index in [0.29, 0.717) is 0 Å². The van der Waals surface area contributed by atoms with Gasteiger partial charge in [0.15, 0.2) is 0 Å². The molecule has 2 fully saturated rings. The molecule has 5 rings (SSSR count). The number of ether oxygens (including phenoxy) is 1. The number of hydrogen-bond donors (Lipinski definition) is 3. The quantitative estimate of drug-likeness (QED) is 0.588. The largest absolute Gasteiger partial charge is 0.480 e. The number of carboxylic acids is 1. The van der Waals surface area contributed by atoms with Gasteiger partial charge in [-0.2, -0.15) is 0 Å². The highest BCUT2D eigenvalue weighted by Gasteiger charge is 2.41. The van der Waals surface area contributed by atoms with Crippen molar-refractivity contribution < 1.29 is 29.3 Å². The number of carbonyl (C=O) groups is 3. The number of aliphatic hydroxyl groups is 1. The molecule has 2 amide bonds. The summed E-state index contributed by atoms with van der Waals surface area (Å²) in [6, 6.07) is 15.1. The molecular formula is C27H30N2O6. The average Bonchev–Trinajstić information content (AvgIpc) is 3.54. The predicted octanol–water partition coefficient (Wildman–Crippen LogP) is 3.13. The van der Waals surface area contributed by atoms with Gasteiger partial charge >= 0.3 is 12.1 Å². The third-order valence-corrected chi connectivity index (χ3v) is 7.63. The van der Waals surface area contributed by atoms with Crippen molar-refractivity contribution in [2.24, 2.45) is 5.92 Å². The summed E-state index contributed by atoms with van der Waals surface area (Å²) < 4.78 is 5.66. The van der Waals surface area contributed by atoms with Gasteiger partial charge in [-0.3, -0.25) is 4.79 Å². The molecule has 3 aliphatic rings. The van der Waals surface area contributed by atoms with Gasteiger partial charge in [0.1, 0.15) is 12.6 Å². The summed E-state index contributed by atoms with van der Waals surface area (Å²) in [6.45, 7) is 0.259. The molecule has 1 saturated heterocycles. The standard InChI is InChI=1S/C27H30N2O6/c30-17-13-24(26(32)33)29(14-17)25(31)12-16-6-5-11-23(16)28-27(34)35-15-22-20-9-3-1-7-18(20)19-8-2-4-10-21(19)22/h1-4,7-10,16-17,22-24,30H,5-6,11-15H2,(H,28,34)(H,32,33)/t16-,17?,23+,24-/m0/s1. The van der Waals surface area contributed by atoms with Crippen molar-refractivity contribution in [3.8, 4) is 11.1 Å². The van der Waals surface area contributed by atoms with Crippen molar-refractivity contribution in [2.45, 2.75) is 56.2 Å². The minimum absolute atomic E-state index is 0.0244. The molecule has 8 nitrogen and oxygen atoms in total. The molecule has 0 spiro atoms. The average molecular weight is 479 g/mol. The number of aliphatic carboxylic acids is 1. The number of fused-ring (bicyclic) bond motifs is 3. The Kier molecular flexibility index (Phi) is 6.47. The third kappa shape index (κ3) is 4.62. The molecule has 184 valence electrons. The molecule has 0 aromatic heterocycles. The lowest BCUT2D eigenvalue weighted by Crippen LogP contribution is -2.44. The Bertz CT molecular complexity index is 1090. The second-order valence-corrected chi connectivity index (χ2v) is 9.76. The van der Waals surface area contributed by atoms with Crippen molar-refractivity contribution in [3.05, 3.63) is 59.7 Å². The second-order valence-electron chi connectivity index (χ2n) is 9.76. The van der Waals surface area contributed by atoms with Gasteiger partial charge in [0.2, 0.25) is 5.91 Å². The molecule has 2 aliphatic carbocycles. The van der Waals surface area contributed by atoms with E-state index >= 15 is 0 Å². The van der Waals surface area contributed by atoms with Gasteiger partial charge in [-0.25, -0.2) is 9.59 Å². The lowest BCUT2D eigenvalue weighted by Gasteiger charge is -2.26. The van der Waals surface area contributed by atoms with Gasteiger partial charge in [0.25, 0.3) is 0 Å². The third-order valence-electron chi connectivity index (χ3n) is 7.63. The molecule has 1 unspecified atom stereocenters. The molecular weight excluding hydrogens is 448 g/mol. The fourth-order valence-electron chi connectivity index (χ4n) is 5.93. The lowest BCUT2D eigenvalue weighted by molar-refractivity contribution is -0.148. The van der Waals surface area contributed by atoms with E-state index in [4.69, 9.17) is 4.74 Å². The first-order chi connectivity index (χ1) is 16.9. The molecule has 1 saturated carbocycles. The Labute approximate surface area is 203 Å². The van der Waals surface area contributed by atoms with Crippen LogP contribution in [-0.4, -0.2) is 64.4 Å². The zero-order chi connectivity index (χ0) is 24.5. The SMILES string of the molecule is O=C(N[C@@H]1CCC[C@H]1CC(=O)N1CC(O)C[C@H]1C(=O)O)OCC1c2ccccc2-c2ccccc21. The minimum atomic E-state index is -1.10. The zero-order valence-corrected chi connectivity index (χ0v) is 19.4. The molecule has 2 aromatic carbocycles. The molecule has 2 aromatic rings. The number of nitrogens with zero attached hydrogens (tertiary/aromatic N) is 1. The second kappa shape index (κ2) is 9.70. The molecule has 1 heterocycles. The number of carboxylic acid groups (broad SMARTS) is 1. The monoisotopic (exact) mass is 478 g/mol. The predicted molar refractivity (Wildman–Crippen MR) is 128 cm³/mol. The number of carbonyl (C=O) groups excluding carboxylic acids is 2. The smallest absolute Gasteiger partial charge is 0.407 e. The van der Waals surface area contributed by atoms with Crippen LogP contribution < -0.4 is 5.32 Å². The Hall–Kier alpha value is -3.39. The first kappa shape index (κ1) is 23.4. The number of rotatable bonds is 6.